The smallest absolute Gasteiger partial charge is 0.165 e. The van der Waals surface area contributed by atoms with Crippen molar-refractivity contribution in [2.75, 3.05) is 6.61 Å². The third-order valence-corrected chi connectivity index (χ3v) is 8.65. The molecule has 0 bridgehead atoms. The molecule has 1 atom stereocenters. The van der Waals surface area contributed by atoms with Gasteiger partial charge in [-0.2, -0.15) is 0 Å². The molecule has 0 fully saturated rings. The van der Waals surface area contributed by atoms with Gasteiger partial charge in [-0.1, -0.05) is 153 Å². The van der Waals surface area contributed by atoms with Gasteiger partial charge in [0.2, 0.25) is 0 Å². The molecule has 0 spiro atoms. The molecule has 0 radical (unpaired) electrons. The quantitative estimate of drug-likeness (QED) is 0.0773. The molecule has 0 aliphatic carbocycles. The van der Waals surface area contributed by atoms with Gasteiger partial charge in [-0.25, -0.2) is 0 Å². The Morgan fingerprint density at radius 3 is 1.91 bits per heavy atom. The summed E-state index contributed by atoms with van der Waals surface area (Å²) in [7, 11) is 0. The number of rotatable bonds is 24. The molecular weight excluding hydrogens is 528 g/mol. The van der Waals surface area contributed by atoms with Crippen molar-refractivity contribution in [3.05, 3.63) is 71.8 Å². The van der Waals surface area contributed by atoms with Crippen molar-refractivity contribution in [2.24, 2.45) is 5.92 Å². The van der Waals surface area contributed by atoms with E-state index in [2.05, 4.69) is 45.0 Å². The monoisotopic (exact) mass is 586 g/mol. The van der Waals surface area contributed by atoms with Crippen LogP contribution in [0.25, 0.3) is 10.8 Å². The van der Waals surface area contributed by atoms with E-state index in [4.69, 9.17) is 9.47 Å². The van der Waals surface area contributed by atoms with Gasteiger partial charge in [0.1, 0.15) is 18.1 Å². The highest BCUT2D eigenvalue weighted by Gasteiger charge is 2.15. The van der Waals surface area contributed by atoms with E-state index in [1.54, 1.807) is 0 Å². The first-order valence-electron chi connectivity index (χ1n) is 17.5. The van der Waals surface area contributed by atoms with Gasteiger partial charge >= 0.3 is 0 Å². The molecule has 0 saturated carbocycles. The Balaban J connectivity index is 1.36. The van der Waals surface area contributed by atoms with Crippen molar-refractivity contribution in [2.45, 2.75) is 137 Å². The van der Waals surface area contributed by atoms with Crippen LogP contribution in [0.5, 0.6) is 11.5 Å². The Bertz CT molecular complexity index is 1170. The summed E-state index contributed by atoms with van der Waals surface area (Å²) in [6.07, 6.45) is 22.0. The topological polar surface area (TPSA) is 35.5 Å². The molecule has 0 saturated heterocycles. The number of Topliss-reactive ketones (excluding diaryl/α,β-unsaturated/α-hetero) is 1. The molecular formula is C40H58O3. The minimum atomic E-state index is 0.0769. The van der Waals surface area contributed by atoms with Gasteiger partial charge < -0.3 is 9.47 Å². The molecule has 0 amide bonds. The second kappa shape index (κ2) is 21.0. The van der Waals surface area contributed by atoms with E-state index in [1.165, 1.54) is 89.9 Å². The molecule has 3 nitrogen and oxygen atoms in total. The lowest BCUT2D eigenvalue weighted by Gasteiger charge is -2.13. The molecule has 3 aromatic carbocycles. The Labute approximate surface area is 262 Å². The summed E-state index contributed by atoms with van der Waals surface area (Å²) >= 11 is 0. The van der Waals surface area contributed by atoms with Crippen molar-refractivity contribution in [3.8, 4) is 11.5 Å². The van der Waals surface area contributed by atoms with Gasteiger partial charge in [0, 0.05) is 16.9 Å². The summed E-state index contributed by atoms with van der Waals surface area (Å²) < 4.78 is 12.3. The fourth-order valence-electron chi connectivity index (χ4n) is 5.80. The van der Waals surface area contributed by atoms with Crippen molar-refractivity contribution in [1.82, 2.24) is 0 Å². The zero-order valence-corrected chi connectivity index (χ0v) is 27.5. The Morgan fingerprint density at radius 2 is 1.26 bits per heavy atom. The predicted octanol–water partition coefficient (Wildman–Crippen LogP) is 12.3. The summed E-state index contributed by atoms with van der Waals surface area (Å²) in [6.45, 7) is 7.80. The summed E-state index contributed by atoms with van der Waals surface area (Å²) in [4.78, 5) is 12.8. The predicted molar refractivity (Wildman–Crippen MR) is 184 cm³/mol. The number of fused-ring (bicyclic) bond motifs is 1. The third-order valence-electron chi connectivity index (χ3n) is 8.65. The van der Waals surface area contributed by atoms with Crippen LogP contribution in [0.1, 0.15) is 146 Å². The van der Waals surface area contributed by atoms with Crippen LogP contribution in [0.3, 0.4) is 0 Å². The molecule has 236 valence electrons. The zero-order chi connectivity index (χ0) is 30.5. The first kappa shape index (κ1) is 34.7. The van der Waals surface area contributed by atoms with E-state index < -0.39 is 0 Å². The SMILES string of the molecule is CCCCCCCCCCCCCCOc1ccc2c(OCc3ccc(C(=O)[C@H](C)CCCCCC)cc3)cccc2c1. The van der Waals surface area contributed by atoms with E-state index in [1.807, 2.05) is 36.4 Å². The average Bonchev–Trinajstić information content (AvgIpc) is 3.04. The molecule has 3 heteroatoms. The van der Waals surface area contributed by atoms with Crippen LogP contribution in [0.2, 0.25) is 0 Å². The third kappa shape index (κ3) is 13.2. The van der Waals surface area contributed by atoms with Crippen molar-refractivity contribution in [1.29, 1.82) is 0 Å². The number of benzene rings is 3. The van der Waals surface area contributed by atoms with Crippen LogP contribution in [-0.2, 0) is 6.61 Å². The van der Waals surface area contributed by atoms with Crippen LogP contribution in [0, 0.1) is 5.92 Å². The lowest BCUT2D eigenvalue weighted by atomic mass is 9.93. The molecule has 3 aromatic rings. The maximum atomic E-state index is 12.8. The summed E-state index contributed by atoms with van der Waals surface area (Å²) in [5.74, 6) is 2.11. The zero-order valence-electron chi connectivity index (χ0n) is 27.5. The van der Waals surface area contributed by atoms with Crippen LogP contribution < -0.4 is 9.47 Å². The first-order chi connectivity index (χ1) is 21.1. The van der Waals surface area contributed by atoms with Crippen LogP contribution >= 0.6 is 0 Å². The number of ether oxygens (including phenoxy) is 2. The maximum absolute atomic E-state index is 12.8. The van der Waals surface area contributed by atoms with Gasteiger partial charge in [0.15, 0.2) is 5.78 Å². The largest absolute Gasteiger partial charge is 0.494 e. The molecule has 0 unspecified atom stereocenters. The number of ketones is 1. The molecule has 0 aromatic heterocycles. The maximum Gasteiger partial charge on any atom is 0.165 e. The van der Waals surface area contributed by atoms with Gasteiger partial charge in [-0.3, -0.25) is 4.79 Å². The van der Waals surface area contributed by atoms with E-state index in [9.17, 15) is 4.79 Å². The van der Waals surface area contributed by atoms with Crippen molar-refractivity contribution < 1.29 is 14.3 Å². The van der Waals surface area contributed by atoms with E-state index in [0.717, 1.165) is 59.3 Å². The highest BCUT2D eigenvalue weighted by atomic mass is 16.5. The Kier molecular flexibility index (Phi) is 16.9. The Morgan fingerprint density at radius 1 is 0.651 bits per heavy atom. The number of hydrogen-bond donors (Lipinski definition) is 0. The summed E-state index contributed by atoms with van der Waals surface area (Å²) in [5, 5.41) is 2.21. The molecule has 0 N–H and O–H groups in total. The van der Waals surface area contributed by atoms with E-state index in [0.29, 0.717) is 6.61 Å². The van der Waals surface area contributed by atoms with Crippen LogP contribution in [-0.4, -0.2) is 12.4 Å². The summed E-state index contributed by atoms with van der Waals surface area (Å²) in [5.41, 5.74) is 1.86. The highest BCUT2D eigenvalue weighted by Crippen LogP contribution is 2.30. The molecule has 0 aliphatic heterocycles. The fraction of sp³-hybridized carbons (Fsp3) is 0.575. The minimum Gasteiger partial charge on any atom is -0.494 e. The van der Waals surface area contributed by atoms with Crippen molar-refractivity contribution >= 4 is 16.6 Å². The Hall–Kier alpha value is -2.81. The minimum absolute atomic E-state index is 0.0769. The lowest BCUT2D eigenvalue weighted by Crippen LogP contribution is -2.11. The van der Waals surface area contributed by atoms with Crippen molar-refractivity contribution in [3.63, 3.8) is 0 Å². The molecule has 0 aliphatic rings. The van der Waals surface area contributed by atoms with E-state index >= 15 is 0 Å². The average molecular weight is 587 g/mol. The second-order valence-electron chi connectivity index (χ2n) is 12.5. The van der Waals surface area contributed by atoms with Crippen LogP contribution in [0.15, 0.2) is 60.7 Å². The number of carbonyl (C=O) groups excluding carboxylic acids is 1. The summed E-state index contributed by atoms with van der Waals surface area (Å²) in [6, 6.07) is 20.4. The number of unbranched alkanes of at least 4 members (excludes halogenated alkanes) is 14. The molecule has 3 rings (SSSR count). The normalized spacial score (nSPS) is 12.0. The lowest BCUT2D eigenvalue weighted by molar-refractivity contribution is 0.0922. The van der Waals surface area contributed by atoms with Crippen LogP contribution in [0.4, 0.5) is 0 Å². The molecule has 0 heterocycles. The second-order valence-corrected chi connectivity index (χ2v) is 12.5. The van der Waals surface area contributed by atoms with E-state index in [-0.39, 0.29) is 11.7 Å². The fourth-order valence-corrected chi connectivity index (χ4v) is 5.80. The van der Waals surface area contributed by atoms with Gasteiger partial charge in [0.05, 0.1) is 6.61 Å². The highest BCUT2D eigenvalue weighted by molar-refractivity contribution is 5.97. The van der Waals surface area contributed by atoms with Gasteiger partial charge in [0.25, 0.3) is 0 Å². The van der Waals surface area contributed by atoms with Gasteiger partial charge in [-0.05, 0) is 48.1 Å². The standard InChI is InChI=1S/C40H58O3/c1-4-6-8-10-11-12-13-14-15-16-17-19-30-42-37-28-29-38-36(31-37)22-20-23-39(38)43-32-34-24-26-35(27-25-34)40(41)33(3)21-18-9-7-5-2/h20,22-29,31,33H,4-19,21,30,32H2,1-3H3/t33-/m1/s1. The number of hydrogen-bond acceptors (Lipinski definition) is 3. The van der Waals surface area contributed by atoms with Gasteiger partial charge in [-0.15, -0.1) is 0 Å². The number of carbonyl (C=O) groups is 1. The first-order valence-corrected chi connectivity index (χ1v) is 17.5. The molecule has 43 heavy (non-hydrogen) atoms.